The fraction of sp³-hybridized carbons (Fsp3) is 0.818. The van der Waals surface area contributed by atoms with E-state index in [1.807, 2.05) is 11.8 Å². The fourth-order valence-electron chi connectivity index (χ4n) is 1.64. The standard InChI is InChI=1S/C11H19NO2S/c1-9(13)4-5-10(14)12-8-11(2)6-3-7-15-11/h3-8H2,1-2H3,(H,12,14). The van der Waals surface area contributed by atoms with Crippen LogP contribution in [0.5, 0.6) is 0 Å². The normalized spacial score (nSPS) is 25.2. The number of carbonyl (C=O) groups is 2. The quantitative estimate of drug-likeness (QED) is 0.781. The molecular formula is C11H19NO2S. The second-order valence-electron chi connectivity index (χ2n) is 4.38. The molecule has 1 heterocycles. The van der Waals surface area contributed by atoms with Crippen LogP contribution in [0.1, 0.15) is 39.5 Å². The molecule has 1 fully saturated rings. The molecule has 1 atom stereocenters. The molecule has 1 aliphatic rings. The van der Waals surface area contributed by atoms with Crippen molar-refractivity contribution in [1.29, 1.82) is 0 Å². The number of rotatable bonds is 5. The van der Waals surface area contributed by atoms with Gasteiger partial charge in [0.15, 0.2) is 0 Å². The van der Waals surface area contributed by atoms with E-state index in [1.165, 1.54) is 25.5 Å². The summed E-state index contributed by atoms with van der Waals surface area (Å²) >= 11 is 1.93. The molecule has 0 aliphatic carbocycles. The third-order valence-corrected chi connectivity index (χ3v) is 4.20. The first-order chi connectivity index (χ1) is 7.02. The Balaban J connectivity index is 2.18. The Morgan fingerprint density at radius 2 is 2.13 bits per heavy atom. The zero-order valence-electron chi connectivity index (χ0n) is 9.47. The number of hydrogen-bond acceptors (Lipinski definition) is 3. The van der Waals surface area contributed by atoms with E-state index in [0.717, 1.165) is 6.54 Å². The number of ketones is 1. The van der Waals surface area contributed by atoms with Crippen LogP contribution in [0.4, 0.5) is 0 Å². The smallest absolute Gasteiger partial charge is 0.220 e. The molecule has 1 rings (SSSR count). The minimum absolute atomic E-state index is 0.000995. The van der Waals surface area contributed by atoms with Gasteiger partial charge in [-0.05, 0) is 32.4 Å². The van der Waals surface area contributed by atoms with Crippen molar-refractivity contribution in [1.82, 2.24) is 5.32 Å². The van der Waals surface area contributed by atoms with Gasteiger partial charge in [-0.1, -0.05) is 0 Å². The number of Topliss-reactive ketones (excluding diaryl/α,β-unsaturated/α-hetero) is 1. The molecule has 0 radical (unpaired) electrons. The van der Waals surface area contributed by atoms with Crippen LogP contribution in [0, 0.1) is 0 Å². The van der Waals surface area contributed by atoms with Crippen LogP contribution in [0.3, 0.4) is 0 Å². The Morgan fingerprint density at radius 3 is 2.67 bits per heavy atom. The summed E-state index contributed by atoms with van der Waals surface area (Å²) < 4.78 is 0.214. The maximum Gasteiger partial charge on any atom is 0.220 e. The van der Waals surface area contributed by atoms with E-state index in [1.54, 1.807) is 0 Å². The van der Waals surface area contributed by atoms with E-state index in [4.69, 9.17) is 0 Å². The SMILES string of the molecule is CC(=O)CCC(=O)NCC1(C)CCCS1. The Labute approximate surface area is 95.4 Å². The lowest BCUT2D eigenvalue weighted by Crippen LogP contribution is -2.36. The van der Waals surface area contributed by atoms with E-state index < -0.39 is 0 Å². The summed E-state index contributed by atoms with van der Waals surface area (Å²) in [5, 5.41) is 2.91. The summed E-state index contributed by atoms with van der Waals surface area (Å²) in [5.74, 6) is 1.27. The second kappa shape index (κ2) is 5.54. The van der Waals surface area contributed by atoms with Crippen LogP contribution in [0.15, 0.2) is 0 Å². The maximum atomic E-state index is 11.4. The molecular weight excluding hydrogens is 210 g/mol. The monoisotopic (exact) mass is 229 g/mol. The van der Waals surface area contributed by atoms with Crippen molar-refractivity contribution in [2.24, 2.45) is 0 Å². The second-order valence-corrected chi connectivity index (χ2v) is 6.06. The van der Waals surface area contributed by atoms with E-state index >= 15 is 0 Å². The summed E-state index contributed by atoms with van der Waals surface area (Å²) in [6.07, 6.45) is 3.10. The molecule has 0 aromatic carbocycles. The predicted octanol–water partition coefficient (Wildman–Crippen LogP) is 1.76. The minimum atomic E-state index is -0.000995. The Bertz CT molecular complexity index is 247. The van der Waals surface area contributed by atoms with E-state index in [-0.39, 0.29) is 16.4 Å². The van der Waals surface area contributed by atoms with E-state index in [2.05, 4.69) is 12.2 Å². The molecule has 86 valence electrons. The highest BCUT2D eigenvalue weighted by Gasteiger charge is 2.29. The highest BCUT2D eigenvalue weighted by Crippen LogP contribution is 2.36. The largest absolute Gasteiger partial charge is 0.355 e. The zero-order chi connectivity index (χ0) is 11.3. The van der Waals surface area contributed by atoms with Gasteiger partial charge in [0.25, 0.3) is 0 Å². The number of nitrogens with one attached hydrogen (secondary N) is 1. The average Bonchev–Trinajstić information content (AvgIpc) is 2.60. The summed E-state index contributed by atoms with van der Waals surface area (Å²) in [7, 11) is 0. The summed E-state index contributed by atoms with van der Waals surface area (Å²) in [4.78, 5) is 22.1. The molecule has 0 aromatic rings. The molecule has 4 heteroatoms. The molecule has 1 amide bonds. The van der Waals surface area contributed by atoms with Gasteiger partial charge >= 0.3 is 0 Å². The Morgan fingerprint density at radius 1 is 1.40 bits per heavy atom. The minimum Gasteiger partial charge on any atom is -0.355 e. The van der Waals surface area contributed by atoms with Crippen LogP contribution in [0.25, 0.3) is 0 Å². The fourth-order valence-corrected chi connectivity index (χ4v) is 2.88. The van der Waals surface area contributed by atoms with Crippen LogP contribution in [-0.2, 0) is 9.59 Å². The van der Waals surface area contributed by atoms with Gasteiger partial charge in [0.2, 0.25) is 5.91 Å². The molecule has 1 saturated heterocycles. The average molecular weight is 229 g/mol. The van der Waals surface area contributed by atoms with Gasteiger partial charge in [-0.2, -0.15) is 11.8 Å². The van der Waals surface area contributed by atoms with Gasteiger partial charge in [0.1, 0.15) is 5.78 Å². The highest BCUT2D eigenvalue weighted by atomic mass is 32.2. The summed E-state index contributed by atoms with van der Waals surface area (Å²) in [6, 6.07) is 0. The van der Waals surface area contributed by atoms with Gasteiger partial charge in [0.05, 0.1) is 0 Å². The van der Waals surface area contributed by atoms with Gasteiger partial charge < -0.3 is 10.1 Å². The Kier molecular flexibility index (Phi) is 4.64. The molecule has 1 N–H and O–H groups in total. The first-order valence-electron chi connectivity index (χ1n) is 5.42. The molecule has 3 nitrogen and oxygen atoms in total. The third kappa shape index (κ3) is 4.69. The predicted molar refractivity (Wildman–Crippen MR) is 63.0 cm³/mol. The molecule has 1 unspecified atom stereocenters. The molecule has 0 spiro atoms. The number of carbonyl (C=O) groups excluding carboxylic acids is 2. The van der Waals surface area contributed by atoms with Gasteiger partial charge in [-0.3, -0.25) is 4.79 Å². The highest BCUT2D eigenvalue weighted by molar-refractivity contribution is 8.00. The van der Waals surface area contributed by atoms with Crippen LogP contribution >= 0.6 is 11.8 Å². The first kappa shape index (κ1) is 12.6. The van der Waals surface area contributed by atoms with Crippen LogP contribution in [-0.4, -0.2) is 28.7 Å². The van der Waals surface area contributed by atoms with E-state index in [9.17, 15) is 9.59 Å². The van der Waals surface area contributed by atoms with Crippen molar-refractivity contribution < 1.29 is 9.59 Å². The summed E-state index contributed by atoms with van der Waals surface area (Å²) in [6.45, 7) is 4.44. The molecule has 0 saturated carbocycles. The van der Waals surface area contributed by atoms with Crippen molar-refractivity contribution in [3.8, 4) is 0 Å². The van der Waals surface area contributed by atoms with Crippen molar-refractivity contribution in [3.63, 3.8) is 0 Å². The Hall–Kier alpha value is -0.510. The zero-order valence-corrected chi connectivity index (χ0v) is 10.3. The summed E-state index contributed by atoms with van der Waals surface area (Å²) in [5.41, 5.74) is 0. The van der Waals surface area contributed by atoms with Crippen molar-refractivity contribution >= 4 is 23.5 Å². The van der Waals surface area contributed by atoms with Crippen molar-refractivity contribution in [2.45, 2.75) is 44.3 Å². The van der Waals surface area contributed by atoms with Gasteiger partial charge in [-0.15, -0.1) is 0 Å². The van der Waals surface area contributed by atoms with Crippen LogP contribution in [0.2, 0.25) is 0 Å². The van der Waals surface area contributed by atoms with Crippen molar-refractivity contribution in [2.75, 3.05) is 12.3 Å². The van der Waals surface area contributed by atoms with Gasteiger partial charge in [0, 0.05) is 24.1 Å². The molecule has 15 heavy (non-hydrogen) atoms. The first-order valence-corrected chi connectivity index (χ1v) is 6.40. The molecule has 1 aliphatic heterocycles. The van der Waals surface area contributed by atoms with E-state index in [0.29, 0.717) is 12.8 Å². The third-order valence-electron chi connectivity index (χ3n) is 2.66. The lowest BCUT2D eigenvalue weighted by Gasteiger charge is -2.22. The lowest BCUT2D eigenvalue weighted by molar-refractivity contribution is -0.124. The number of thioether (sulfide) groups is 1. The topological polar surface area (TPSA) is 46.2 Å². The van der Waals surface area contributed by atoms with Gasteiger partial charge in [-0.25, -0.2) is 0 Å². The molecule has 0 aromatic heterocycles. The van der Waals surface area contributed by atoms with Crippen molar-refractivity contribution in [3.05, 3.63) is 0 Å². The number of hydrogen-bond donors (Lipinski definition) is 1. The lowest BCUT2D eigenvalue weighted by atomic mass is 10.1. The maximum absolute atomic E-state index is 11.4. The molecule has 0 bridgehead atoms. The number of amides is 1. The van der Waals surface area contributed by atoms with Crippen LogP contribution < -0.4 is 5.32 Å².